The molecule has 1 fully saturated rings. The Morgan fingerprint density at radius 2 is 2.14 bits per heavy atom. The fraction of sp³-hybridized carbons (Fsp3) is 0.467. The van der Waals surface area contributed by atoms with Crippen molar-refractivity contribution in [3.63, 3.8) is 0 Å². The highest BCUT2D eigenvalue weighted by Gasteiger charge is 2.44. The number of hydrogen-bond acceptors (Lipinski definition) is 2. The molecule has 2 unspecified atom stereocenters. The van der Waals surface area contributed by atoms with Gasteiger partial charge in [-0.1, -0.05) is 28.8 Å². The molecule has 0 saturated heterocycles. The molecule has 1 aromatic carbocycles. The van der Waals surface area contributed by atoms with E-state index in [1.165, 1.54) is 12.1 Å². The third kappa shape index (κ3) is 3.26. The Balaban J connectivity index is 2.19. The zero-order chi connectivity index (χ0) is 15.6. The summed E-state index contributed by atoms with van der Waals surface area (Å²) in [6.45, 7) is 1.64. The van der Waals surface area contributed by atoms with E-state index in [9.17, 15) is 19.1 Å². The number of carbonyl (C=O) groups excluding carboxylic acids is 1. The average molecular weight is 358 g/mol. The molecule has 1 amide bonds. The molecule has 2 atom stereocenters. The van der Waals surface area contributed by atoms with Gasteiger partial charge in [-0.25, -0.2) is 4.39 Å². The first-order chi connectivity index (χ1) is 9.84. The third-order valence-electron chi connectivity index (χ3n) is 4.18. The number of amides is 1. The van der Waals surface area contributed by atoms with Crippen molar-refractivity contribution in [3.05, 3.63) is 34.1 Å². The lowest BCUT2D eigenvalue weighted by Gasteiger charge is -2.38. The predicted molar refractivity (Wildman–Crippen MR) is 79.6 cm³/mol. The van der Waals surface area contributed by atoms with Crippen molar-refractivity contribution < 1.29 is 19.1 Å². The highest BCUT2D eigenvalue weighted by Crippen LogP contribution is 2.36. The number of carboxylic acids is 1. The number of rotatable bonds is 3. The van der Waals surface area contributed by atoms with E-state index < -0.39 is 29.2 Å². The first kappa shape index (κ1) is 15.9. The van der Waals surface area contributed by atoms with Crippen LogP contribution in [0.1, 0.15) is 43.0 Å². The molecule has 0 bridgehead atoms. The first-order valence-electron chi connectivity index (χ1n) is 6.84. The number of nitrogens with one attached hydrogen (secondary N) is 1. The van der Waals surface area contributed by atoms with Crippen molar-refractivity contribution in [1.29, 1.82) is 0 Å². The maximum atomic E-state index is 13.8. The summed E-state index contributed by atoms with van der Waals surface area (Å²) in [5.74, 6) is -2.13. The molecule has 4 nitrogen and oxygen atoms in total. The molecule has 0 aliphatic heterocycles. The molecule has 0 heterocycles. The van der Waals surface area contributed by atoms with E-state index in [-0.39, 0.29) is 5.56 Å². The van der Waals surface area contributed by atoms with Crippen LogP contribution in [0.15, 0.2) is 22.7 Å². The van der Waals surface area contributed by atoms with Gasteiger partial charge in [0, 0.05) is 10.5 Å². The van der Waals surface area contributed by atoms with Gasteiger partial charge in [0.1, 0.15) is 5.82 Å². The van der Waals surface area contributed by atoms with Crippen molar-refractivity contribution >= 4 is 27.8 Å². The quantitative estimate of drug-likeness (QED) is 0.871. The molecule has 2 rings (SSSR count). The Labute approximate surface area is 130 Å². The van der Waals surface area contributed by atoms with Crippen LogP contribution in [0.3, 0.4) is 0 Å². The van der Waals surface area contributed by atoms with Crippen molar-refractivity contribution in [2.75, 3.05) is 0 Å². The SMILES string of the molecule is CC1(C(=O)O)CCCCC1NC(=O)c1ccc(Br)cc1F. The number of aliphatic carboxylic acids is 1. The second kappa shape index (κ2) is 6.13. The van der Waals surface area contributed by atoms with Gasteiger partial charge in [0.05, 0.1) is 11.0 Å². The smallest absolute Gasteiger partial charge is 0.311 e. The minimum atomic E-state index is -1.00. The molecule has 1 saturated carbocycles. The highest BCUT2D eigenvalue weighted by atomic mass is 79.9. The minimum Gasteiger partial charge on any atom is -0.481 e. The van der Waals surface area contributed by atoms with Gasteiger partial charge in [-0.3, -0.25) is 9.59 Å². The second-order valence-corrected chi connectivity index (χ2v) is 6.53. The van der Waals surface area contributed by atoms with Crippen molar-refractivity contribution in [2.45, 2.75) is 38.6 Å². The van der Waals surface area contributed by atoms with Gasteiger partial charge in [0.2, 0.25) is 0 Å². The Morgan fingerprint density at radius 1 is 1.43 bits per heavy atom. The zero-order valence-electron chi connectivity index (χ0n) is 11.7. The predicted octanol–water partition coefficient (Wildman–Crippen LogP) is 3.35. The summed E-state index contributed by atoms with van der Waals surface area (Å²) < 4.78 is 14.3. The lowest BCUT2D eigenvalue weighted by Crippen LogP contribution is -2.52. The summed E-state index contributed by atoms with van der Waals surface area (Å²) in [7, 11) is 0. The molecule has 2 N–H and O–H groups in total. The van der Waals surface area contributed by atoms with E-state index >= 15 is 0 Å². The zero-order valence-corrected chi connectivity index (χ0v) is 13.2. The summed E-state index contributed by atoms with van der Waals surface area (Å²) in [6.07, 6.45) is 2.78. The molecule has 0 spiro atoms. The molecule has 1 aliphatic carbocycles. The molecule has 0 radical (unpaired) electrons. The number of benzene rings is 1. The summed E-state index contributed by atoms with van der Waals surface area (Å²) in [6, 6.07) is 3.69. The van der Waals surface area contributed by atoms with E-state index in [1.807, 2.05) is 0 Å². The Morgan fingerprint density at radius 3 is 2.76 bits per heavy atom. The van der Waals surface area contributed by atoms with Crippen molar-refractivity contribution in [2.24, 2.45) is 5.41 Å². The largest absolute Gasteiger partial charge is 0.481 e. The fourth-order valence-corrected chi connectivity index (χ4v) is 3.06. The van der Waals surface area contributed by atoms with Crippen molar-refractivity contribution in [3.8, 4) is 0 Å². The number of carbonyl (C=O) groups is 2. The van der Waals surface area contributed by atoms with Crippen LogP contribution in [0.5, 0.6) is 0 Å². The Hall–Kier alpha value is -1.43. The minimum absolute atomic E-state index is 0.0727. The van der Waals surface area contributed by atoms with Crippen LogP contribution >= 0.6 is 15.9 Å². The van der Waals surface area contributed by atoms with Gasteiger partial charge in [-0.15, -0.1) is 0 Å². The molecule has 0 aromatic heterocycles. The maximum absolute atomic E-state index is 13.8. The van der Waals surface area contributed by atoms with Gasteiger partial charge in [0.15, 0.2) is 0 Å². The molecule has 6 heteroatoms. The van der Waals surface area contributed by atoms with Gasteiger partial charge >= 0.3 is 5.97 Å². The van der Waals surface area contributed by atoms with Crippen LogP contribution in [0, 0.1) is 11.2 Å². The van der Waals surface area contributed by atoms with E-state index in [2.05, 4.69) is 21.2 Å². The van der Waals surface area contributed by atoms with Crippen LogP contribution in [-0.2, 0) is 4.79 Å². The van der Waals surface area contributed by atoms with Gasteiger partial charge in [0.25, 0.3) is 5.91 Å². The molecule has 21 heavy (non-hydrogen) atoms. The topological polar surface area (TPSA) is 66.4 Å². The summed E-state index contributed by atoms with van der Waals surface area (Å²) in [5, 5.41) is 12.1. The lowest BCUT2D eigenvalue weighted by molar-refractivity contribution is -0.151. The first-order valence-corrected chi connectivity index (χ1v) is 7.63. The molecule has 1 aromatic rings. The second-order valence-electron chi connectivity index (χ2n) is 5.62. The molecule has 114 valence electrons. The van der Waals surface area contributed by atoms with E-state index in [1.54, 1.807) is 13.0 Å². The Kier molecular flexibility index (Phi) is 4.66. The van der Waals surface area contributed by atoms with Crippen LogP contribution < -0.4 is 5.32 Å². The number of carboxylic acid groups (broad SMARTS) is 1. The lowest BCUT2D eigenvalue weighted by atomic mass is 9.71. The monoisotopic (exact) mass is 357 g/mol. The summed E-state index contributed by atoms with van der Waals surface area (Å²) in [5.41, 5.74) is -1.07. The van der Waals surface area contributed by atoms with Crippen LogP contribution in [0.4, 0.5) is 4.39 Å². The Bertz CT molecular complexity index is 578. The fourth-order valence-electron chi connectivity index (χ4n) is 2.73. The molecular weight excluding hydrogens is 341 g/mol. The van der Waals surface area contributed by atoms with Crippen molar-refractivity contribution in [1.82, 2.24) is 5.32 Å². The molecule has 1 aliphatic rings. The van der Waals surface area contributed by atoms with Gasteiger partial charge in [-0.2, -0.15) is 0 Å². The maximum Gasteiger partial charge on any atom is 0.311 e. The van der Waals surface area contributed by atoms with Crippen LogP contribution in [0.2, 0.25) is 0 Å². The van der Waals surface area contributed by atoms with E-state index in [0.717, 1.165) is 12.8 Å². The number of hydrogen-bond donors (Lipinski definition) is 2. The van der Waals surface area contributed by atoms with Crippen LogP contribution in [-0.4, -0.2) is 23.0 Å². The molecular formula is C15H17BrFNO3. The van der Waals surface area contributed by atoms with Crippen LogP contribution in [0.25, 0.3) is 0 Å². The summed E-state index contributed by atoms with van der Waals surface area (Å²) in [4.78, 5) is 23.7. The van der Waals surface area contributed by atoms with Gasteiger partial charge in [-0.05, 0) is 38.0 Å². The third-order valence-corrected chi connectivity index (χ3v) is 4.67. The summed E-state index contributed by atoms with van der Waals surface area (Å²) >= 11 is 3.13. The normalized spacial score (nSPS) is 25.4. The van der Waals surface area contributed by atoms with E-state index in [4.69, 9.17) is 0 Å². The average Bonchev–Trinajstić information content (AvgIpc) is 2.41. The number of halogens is 2. The highest BCUT2D eigenvalue weighted by molar-refractivity contribution is 9.10. The van der Waals surface area contributed by atoms with E-state index in [0.29, 0.717) is 17.3 Å². The standard InChI is InChI=1S/C15H17BrFNO3/c1-15(14(20)21)7-3-2-4-12(15)18-13(19)10-6-5-9(16)8-11(10)17/h5-6,8,12H,2-4,7H2,1H3,(H,18,19)(H,20,21). The van der Waals surface area contributed by atoms with Gasteiger partial charge < -0.3 is 10.4 Å².